The number of hydrogen-bond donors (Lipinski definition) is 2. The summed E-state index contributed by atoms with van der Waals surface area (Å²) in [6.45, 7) is 0.536. The Morgan fingerprint density at radius 2 is 2.16 bits per heavy atom. The average molecular weight is 365 g/mol. The lowest BCUT2D eigenvalue weighted by Gasteiger charge is -2.28. The van der Waals surface area contributed by atoms with Crippen LogP contribution < -0.4 is 4.90 Å². The van der Waals surface area contributed by atoms with Crippen molar-refractivity contribution in [2.24, 2.45) is 0 Å². The van der Waals surface area contributed by atoms with Crippen LogP contribution in [0.15, 0.2) is 6.33 Å². The second-order valence-electron chi connectivity index (χ2n) is 6.36. The van der Waals surface area contributed by atoms with Crippen molar-refractivity contribution >= 4 is 40.5 Å². The highest BCUT2D eigenvalue weighted by Gasteiger charge is 2.38. The minimum Gasteiger partial charge on any atom is -0.480 e. The van der Waals surface area contributed by atoms with E-state index in [2.05, 4.69) is 19.9 Å². The van der Waals surface area contributed by atoms with Gasteiger partial charge in [0.05, 0.1) is 12.9 Å². The number of H-pyrrole nitrogens is 1. The molecule has 0 aromatic carbocycles. The van der Waals surface area contributed by atoms with Crippen molar-refractivity contribution in [2.75, 3.05) is 18.0 Å². The number of carboxylic acids is 1. The molecule has 3 heterocycles. The Morgan fingerprint density at radius 1 is 1.36 bits per heavy atom. The fraction of sp³-hybridized carbons (Fsp3) is 0.533. The summed E-state index contributed by atoms with van der Waals surface area (Å²) in [5.41, 5.74) is 1.07. The van der Waals surface area contributed by atoms with E-state index >= 15 is 0 Å². The molecule has 0 unspecified atom stereocenters. The fourth-order valence-corrected chi connectivity index (χ4v) is 3.48. The molecular formula is C15H17ClN6O3. The van der Waals surface area contributed by atoms with E-state index in [1.165, 1.54) is 11.2 Å². The first-order chi connectivity index (χ1) is 12.0. The number of likely N-dealkylation sites (tertiary alicyclic amines) is 1. The summed E-state index contributed by atoms with van der Waals surface area (Å²) in [4.78, 5) is 42.9. The number of aliphatic carboxylic acids is 1. The number of rotatable bonds is 5. The molecule has 132 valence electrons. The Bertz CT molecular complexity index is 836. The van der Waals surface area contributed by atoms with Gasteiger partial charge in [0, 0.05) is 12.6 Å². The van der Waals surface area contributed by atoms with E-state index in [0.717, 1.165) is 12.8 Å². The number of nitrogens with one attached hydrogen (secondary N) is 1. The summed E-state index contributed by atoms with van der Waals surface area (Å²) in [6.07, 6.45) is 4.61. The van der Waals surface area contributed by atoms with Crippen molar-refractivity contribution in [2.45, 2.75) is 37.8 Å². The molecule has 10 heteroatoms. The lowest BCUT2D eigenvalue weighted by Crippen LogP contribution is -2.46. The molecule has 0 spiro atoms. The van der Waals surface area contributed by atoms with Gasteiger partial charge in [-0.05, 0) is 37.3 Å². The minimum atomic E-state index is -0.954. The van der Waals surface area contributed by atoms with Crippen LogP contribution in [0.5, 0.6) is 0 Å². The van der Waals surface area contributed by atoms with Gasteiger partial charge in [-0.25, -0.2) is 9.78 Å². The Kier molecular flexibility index (Phi) is 3.95. The molecule has 1 amide bonds. The van der Waals surface area contributed by atoms with Gasteiger partial charge < -0.3 is 19.9 Å². The van der Waals surface area contributed by atoms with E-state index in [4.69, 9.17) is 11.6 Å². The number of carbonyl (C=O) groups is 2. The first-order valence-electron chi connectivity index (χ1n) is 8.20. The molecule has 4 rings (SSSR count). The number of carbonyl (C=O) groups excluding carboxylic acids is 1. The van der Waals surface area contributed by atoms with Crippen LogP contribution in [0.1, 0.15) is 25.7 Å². The maximum atomic E-state index is 12.8. The third-order valence-corrected chi connectivity index (χ3v) is 4.83. The maximum absolute atomic E-state index is 12.8. The van der Waals surface area contributed by atoms with Crippen LogP contribution in [0, 0.1) is 0 Å². The molecule has 2 aromatic heterocycles. The number of aromatic nitrogens is 4. The van der Waals surface area contributed by atoms with Gasteiger partial charge in [-0.1, -0.05) is 0 Å². The number of hydrogen-bond acceptors (Lipinski definition) is 6. The lowest BCUT2D eigenvalue weighted by atomic mass is 10.2. The number of carboxylic acid groups (broad SMARTS) is 1. The third-order valence-electron chi connectivity index (χ3n) is 4.66. The minimum absolute atomic E-state index is 0.0654. The number of aromatic amines is 1. The molecule has 0 radical (unpaired) electrons. The number of anilines is 1. The van der Waals surface area contributed by atoms with Gasteiger partial charge in [0.2, 0.25) is 11.2 Å². The molecule has 2 aromatic rings. The molecule has 25 heavy (non-hydrogen) atoms. The molecule has 1 atom stereocenters. The summed E-state index contributed by atoms with van der Waals surface area (Å²) >= 11 is 6.00. The zero-order chi connectivity index (χ0) is 17.6. The van der Waals surface area contributed by atoms with Crippen LogP contribution in [0.2, 0.25) is 5.28 Å². The van der Waals surface area contributed by atoms with E-state index in [1.54, 1.807) is 0 Å². The SMILES string of the molecule is O=C(O)[C@@H]1CCCN1C(=O)CN(c1nc(Cl)nc2nc[nH]c12)C1CC1. The summed E-state index contributed by atoms with van der Waals surface area (Å²) in [6, 6.07) is -0.554. The molecular weight excluding hydrogens is 348 g/mol. The van der Waals surface area contributed by atoms with Crippen LogP contribution in [-0.2, 0) is 9.59 Å². The third kappa shape index (κ3) is 2.99. The van der Waals surface area contributed by atoms with E-state index in [1.807, 2.05) is 4.90 Å². The highest BCUT2D eigenvalue weighted by molar-refractivity contribution is 6.28. The zero-order valence-electron chi connectivity index (χ0n) is 13.4. The second-order valence-corrected chi connectivity index (χ2v) is 6.70. The van der Waals surface area contributed by atoms with Crippen molar-refractivity contribution < 1.29 is 14.7 Å². The van der Waals surface area contributed by atoms with Gasteiger partial charge in [0.1, 0.15) is 11.6 Å². The molecule has 2 N–H and O–H groups in total. The normalized spacial score (nSPS) is 20.2. The summed E-state index contributed by atoms with van der Waals surface area (Å²) in [5.74, 6) is -0.626. The Morgan fingerprint density at radius 3 is 2.88 bits per heavy atom. The van der Waals surface area contributed by atoms with Gasteiger partial charge >= 0.3 is 5.97 Å². The highest BCUT2D eigenvalue weighted by Crippen LogP contribution is 2.34. The van der Waals surface area contributed by atoms with Crippen molar-refractivity contribution in [3.63, 3.8) is 0 Å². The predicted octanol–water partition coefficient (Wildman–Crippen LogP) is 1.05. The summed E-state index contributed by atoms with van der Waals surface area (Å²) < 4.78 is 0. The van der Waals surface area contributed by atoms with Gasteiger partial charge in [-0.15, -0.1) is 0 Å². The number of imidazole rings is 1. The van der Waals surface area contributed by atoms with Crippen molar-refractivity contribution in [1.82, 2.24) is 24.8 Å². The number of amides is 1. The van der Waals surface area contributed by atoms with E-state index in [0.29, 0.717) is 36.4 Å². The Labute approximate surface area is 148 Å². The average Bonchev–Trinajstić information content (AvgIpc) is 3.09. The maximum Gasteiger partial charge on any atom is 0.326 e. The van der Waals surface area contributed by atoms with Gasteiger partial charge in [0.15, 0.2) is 11.5 Å². The number of halogens is 1. The van der Waals surface area contributed by atoms with Crippen LogP contribution in [0.25, 0.3) is 11.2 Å². The Balaban J connectivity index is 1.63. The van der Waals surface area contributed by atoms with Crippen LogP contribution in [0.3, 0.4) is 0 Å². The van der Waals surface area contributed by atoms with Crippen LogP contribution >= 0.6 is 11.6 Å². The van der Waals surface area contributed by atoms with Crippen molar-refractivity contribution in [3.05, 3.63) is 11.6 Å². The first-order valence-corrected chi connectivity index (χ1v) is 8.58. The quantitative estimate of drug-likeness (QED) is 0.762. The zero-order valence-corrected chi connectivity index (χ0v) is 14.1. The fourth-order valence-electron chi connectivity index (χ4n) is 3.32. The van der Waals surface area contributed by atoms with Crippen molar-refractivity contribution in [1.29, 1.82) is 0 Å². The smallest absolute Gasteiger partial charge is 0.326 e. The largest absolute Gasteiger partial charge is 0.480 e. The summed E-state index contributed by atoms with van der Waals surface area (Å²) in [7, 11) is 0. The van der Waals surface area contributed by atoms with Crippen LogP contribution in [0.4, 0.5) is 5.82 Å². The molecule has 2 fully saturated rings. The molecule has 1 aliphatic heterocycles. The lowest BCUT2D eigenvalue weighted by molar-refractivity contribution is -0.147. The number of nitrogens with zero attached hydrogens (tertiary/aromatic N) is 5. The van der Waals surface area contributed by atoms with Crippen molar-refractivity contribution in [3.8, 4) is 0 Å². The molecule has 0 bridgehead atoms. The first kappa shape index (κ1) is 16.1. The number of fused-ring (bicyclic) bond motifs is 1. The van der Waals surface area contributed by atoms with Crippen LogP contribution in [-0.4, -0.2) is 67.0 Å². The molecule has 1 aliphatic carbocycles. The van der Waals surface area contributed by atoms with E-state index in [-0.39, 0.29) is 23.8 Å². The molecule has 1 saturated carbocycles. The standard InChI is InChI=1S/C15H17ClN6O3/c16-15-19-12-11(17-7-18-12)13(20-15)22(8-3-4-8)6-10(23)21-5-1-2-9(21)14(24)25/h7-9H,1-6H2,(H,24,25)(H,17,18,19,20)/t9-/m0/s1. The van der Waals surface area contributed by atoms with E-state index < -0.39 is 12.0 Å². The predicted molar refractivity (Wildman–Crippen MR) is 89.4 cm³/mol. The molecule has 1 saturated heterocycles. The second kappa shape index (κ2) is 6.14. The summed E-state index contributed by atoms with van der Waals surface area (Å²) in [5, 5.41) is 9.36. The van der Waals surface area contributed by atoms with Gasteiger partial charge in [-0.2, -0.15) is 9.97 Å². The van der Waals surface area contributed by atoms with Gasteiger partial charge in [-0.3, -0.25) is 4.79 Å². The topological polar surface area (TPSA) is 115 Å². The van der Waals surface area contributed by atoms with E-state index in [9.17, 15) is 14.7 Å². The van der Waals surface area contributed by atoms with Gasteiger partial charge in [0.25, 0.3) is 0 Å². The monoisotopic (exact) mass is 364 g/mol. The molecule has 9 nitrogen and oxygen atoms in total. The Hall–Kier alpha value is -2.42. The molecule has 2 aliphatic rings. The highest BCUT2D eigenvalue weighted by atomic mass is 35.5.